The fraction of sp³-hybridized carbons (Fsp3) is 0.600. The zero-order valence-corrected chi connectivity index (χ0v) is 11.8. The summed E-state index contributed by atoms with van der Waals surface area (Å²) in [6, 6.07) is 3.60. The van der Waals surface area contributed by atoms with Gasteiger partial charge >= 0.3 is 0 Å². The normalized spacial score (nSPS) is 13.9. The number of furan rings is 1. The summed E-state index contributed by atoms with van der Waals surface area (Å²) in [6.45, 7) is 2.75. The van der Waals surface area contributed by atoms with Gasteiger partial charge in [0.25, 0.3) is 0 Å². The third kappa shape index (κ3) is 4.67. The summed E-state index contributed by atoms with van der Waals surface area (Å²) in [5.74, 6) is 0.917. The third-order valence-electron chi connectivity index (χ3n) is 2.17. The quantitative estimate of drug-likeness (QED) is 0.874. The van der Waals surface area contributed by atoms with Crippen LogP contribution in [-0.4, -0.2) is 27.0 Å². The van der Waals surface area contributed by atoms with E-state index in [0.717, 1.165) is 12.3 Å². The van der Waals surface area contributed by atoms with Crippen molar-refractivity contribution < 1.29 is 12.8 Å². The van der Waals surface area contributed by atoms with Crippen LogP contribution in [0, 0.1) is 0 Å². The fourth-order valence-corrected chi connectivity index (χ4v) is 2.42. The van der Waals surface area contributed by atoms with Crippen molar-refractivity contribution in [3.05, 3.63) is 22.6 Å². The number of hydrogen-bond donors (Lipinski definition) is 1. The second kappa shape index (κ2) is 5.84. The van der Waals surface area contributed by atoms with E-state index in [9.17, 15) is 8.42 Å². The van der Waals surface area contributed by atoms with Crippen molar-refractivity contribution in [1.82, 2.24) is 5.32 Å². The molecule has 0 bridgehead atoms. The van der Waals surface area contributed by atoms with Crippen LogP contribution >= 0.6 is 15.9 Å². The Morgan fingerprint density at radius 3 is 2.62 bits per heavy atom. The monoisotopic (exact) mass is 309 g/mol. The first kappa shape index (κ1) is 13.7. The summed E-state index contributed by atoms with van der Waals surface area (Å²) < 4.78 is 28.3. The molecule has 1 N–H and O–H groups in total. The van der Waals surface area contributed by atoms with E-state index in [2.05, 4.69) is 21.2 Å². The standard InChI is InChI=1S/C10H16BrNO3S/c1-3-12-8(6-7-16(2,13)14)9-4-5-10(11)15-9/h4-5,8,12H,3,6-7H2,1-2H3. The number of halogens is 1. The van der Waals surface area contributed by atoms with Gasteiger partial charge in [-0.05, 0) is 41.0 Å². The van der Waals surface area contributed by atoms with Crippen molar-refractivity contribution in [2.24, 2.45) is 0 Å². The van der Waals surface area contributed by atoms with Gasteiger partial charge in [0, 0.05) is 6.26 Å². The molecule has 0 saturated carbocycles. The first-order valence-electron chi connectivity index (χ1n) is 5.08. The van der Waals surface area contributed by atoms with E-state index in [1.807, 2.05) is 13.0 Å². The summed E-state index contributed by atoms with van der Waals surface area (Å²) in [5, 5.41) is 3.21. The Labute approximate surface area is 104 Å². The maximum atomic E-state index is 11.1. The highest BCUT2D eigenvalue weighted by molar-refractivity contribution is 9.10. The highest BCUT2D eigenvalue weighted by Crippen LogP contribution is 2.23. The maximum Gasteiger partial charge on any atom is 0.169 e. The van der Waals surface area contributed by atoms with Gasteiger partial charge in [0.15, 0.2) is 4.67 Å². The third-order valence-corrected chi connectivity index (χ3v) is 3.57. The Balaban J connectivity index is 2.68. The Hall–Kier alpha value is -0.330. The molecule has 1 aromatic rings. The summed E-state index contributed by atoms with van der Waals surface area (Å²) in [7, 11) is -2.93. The van der Waals surface area contributed by atoms with E-state index < -0.39 is 9.84 Å². The van der Waals surface area contributed by atoms with Crippen LogP contribution in [0.2, 0.25) is 0 Å². The predicted molar refractivity (Wildman–Crippen MR) is 67.2 cm³/mol. The minimum absolute atomic E-state index is 0.0500. The molecule has 0 aliphatic heterocycles. The lowest BCUT2D eigenvalue weighted by atomic mass is 10.2. The average Bonchev–Trinajstić information content (AvgIpc) is 2.57. The van der Waals surface area contributed by atoms with Crippen LogP contribution in [0.5, 0.6) is 0 Å². The van der Waals surface area contributed by atoms with Gasteiger partial charge in [-0.15, -0.1) is 0 Å². The molecule has 6 heteroatoms. The molecule has 1 atom stereocenters. The molecule has 4 nitrogen and oxygen atoms in total. The number of hydrogen-bond acceptors (Lipinski definition) is 4. The van der Waals surface area contributed by atoms with Crippen molar-refractivity contribution in [1.29, 1.82) is 0 Å². The van der Waals surface area contributed by atoms with Crippen LogP contribution in [0.25, 0.3) is 0 Å². The maximum absolute atomic E-state index is 11.1. The smallest absolute Gasteiger partial charge is 0.169 e. The van der Waals surface area contributed by atoms with E-state index in [4.69, 9.17) is 4.42 Å². The van der Waals surface area contributed by atoms with Crippen molar-refractivity contribution >= 4 is 25.8 Å². The predicted octanol–water partition coefficient (Wildman–Crippen LogP) is 2.13. The minimum atomic E-state index is -2.93. The summed E-state index contributed by atoms with van der Waals surface area (Å²) in [4.78, 5) is 0. The van der Waals surface area contributed by atoms with Crippen LogP contribution in [0.1, 0.15) is 25.1 Å². The van der Waals surface area contributed by atoms with Gasteiger partial charge in [0.05, 0.1) is 11.8 Å². The van der Waals surface area contributed by atoms with Gasteiger partial charge < -0.3 is 9.73 Å². The molecule has 0 fully saturated rings. The highest BCUT2D eigenvalue weighted by Gasteiger charge is 2.16. The molecule has 16 heavy (non-hydrogen) atoms. The highest BCUT2D eigenvalue weighted by atomic mass is 79.9. The van der Waals surface area contributed by atoms with Gasteiger partial charge in [-0.3, -0.25) is 0 Å². The molecule has 1 unspecified atom stereocenters. The lowest BCUT2D eigenvalue weighted by molar-refractivity contribution is 0.400. The van der Waals surface area contributed by atoms with E-state index in [1.54, 1.807) is 6.07 Å². The molecule has 0 spiro atoms. The van der Waals surface area contributed by atoms with Crippen LogP contribution in [-0.2, 0) is 9.84 Å². The molecular weight excluding hydrogens is 294 g/mol. The lowest BCUT2D eigenvalue weighted by Gasteiger charge is -2.14. The van der Waals surface area contributed by atoms with Gasteiger partial charge in [0.1, 0.15) is 15.6 Å². The number of rotatable bonds is 6. The van der Waals surface area contributed by atoms with Crippen LogP contribution in [0.3, 0.4) is 0 Å². The zero-order chi connectivity index (χ0) is 12.2. The van der Waals surface area contributed by atoms with E-state index in [1.165, 1.54) is 6.26 Å². The van der Waals surface area contributed by atoms with Gasteiger partial charge in [-0.25, -0.2) is 8.42 Å². The molecule has 1 aromatic heterocycles. The minimum Gasteiger partial charge on any atom is -0.453 e. The van der Waals surface area contributed by atoms with Crippen molar-refractivity contribution in [3.63, 3.8) is 0 Å². The molecule has 0 amide bonds. The second-order valence-corrected chi connectivity index (χ2v) is 6.71. The summed E-state index contributed by atoms with van der Waals surface area (Å²) in [6.07, 6.45) is 1.76. The SMILES string of the molecule is CCNC(CCS(C)(=O)=O)c1ccc(Br)o1. The summed E-state index contributed by atoms with van der Waals surface area (Å²) >= 11 is 3.23. The Morgan fingerprint density at radius 2 is 2.19 bits per heavy atom. The van der Waals surface area contributed by atoms with Crippen LogP contribution in [0.4, 0.5) is 0 Å². The van der Waals surface area contributed by atoms with Crippen molar-refractivity contribution in [2.75, 3.05) is 18.6 Å². The average molecular weight is 310 g/mol. The topological polar surface area (TPSA) is 59.3 Å². The lowest BCUT2D eigenvalue weighted by Crippen LogP contribution is -2.23. The van der Waals surface area contributed by atoms with Crippen LogP contribution in [0.15, 0.2) is 21.2 Å². The van der Waals surface area contributed by atoms with E-state index in [-0.39, 0.29) is 11.8 Å². The first-order valence-corrected chi connectivity index (χ1v) is 7.94. The molecule has 0 aliphatic carbocycles. The number of nitrogens with one attached hydrogen (secondary N) is 1. The van der Waals surface area contributed by atoms with Gasteiger partial charge in [-0.1, -0.05) is 6.92 Å². The Morgan fingerprint density at radius 1 is 1.50 bits per heavy atom. The van der Waals surface area contributed by atoms with E-state index in [0.29, 0.717) is 11.1 Å². The molecule has 0 aliphatic rings. The summed E-state index contributed by atoms with van der Waals surface area (Å²) in [5.41, 5.74) is 0. The molecule has 0 aromatic carbocycles. The van der Waals surface area contributed by atoms with Crippen molar-refractivity contribution in [3.8, 4) is 0 Å². The van der Waals surface area contributed by atoms with E-state index >= 15 is 0 Å². The largest absolute Gasteiger partial charge is 0.453 e. The molecule has 1 rings (SSSR count). The van der Waals surface area contributed by atoms with Crippen molar-refractivity contribution in [2.45, 2.75) is 19.4 Å². The molecule has 0 radical (unpaired) electrons. The molecule has 0 saturated heterocycles. The van der Waals surface area contributed by atoms with Gasteiger partial charge in [0.2, 0.25) is 0 Å². The Kier molecular flexibility index (Phi) is 5.01. The Bertz CT molecular complexity index is 427. The van der Waals surface area contributed by atoms with Gasteiger partial charge in [-0.2, -0.15) is 0 Å². The molecule has 92 valence electrons. The first-order chi connectivity index (χ1) is 7.42. The number of sulfone groups is 1. The molecule has 1 heterocycles. The second-order valence-electron chi connectivity index (χ2n) is 3.67. The zero-order valence-electron chi connectivity index (χ0n) is 9.36. The fourth-order valence-electron chi connectivity index (χ4n) is 1.44. The molecular formula is C10H16BrNO3S. The van der Waals surface area contributed by atoms with Crippen LogP contribution < -0.4 is 5.32 Å².